The first-order valence-corrected chi connectivity index (χ1v) is 6.72. The predicted molar refractivity (Wildman–Crippen MR) is 76.7 cm³/mol. The lowest BCUT2D eigenvalue weighted by molar-refractivity contribution is 0.313. The van der Waals surface area contributed by atoms with Crippen molar-refractivity contribution < 1.29 is 5.21 Å². The van der Waals surface area contributed by atoms with Crippen LogP contribution in [0.3, 0.4) is 0 Å². The van der Waals surface area contributed by atoms with Crippen LogP contribution in [0.5, 0.6) is 0 Å². The minimum Gasteiger partial charge on any atom is -0.411 e. The van der Waals surface area contributed by atoms with Gasteiger partial charge in [0.05, 0.1) is 5.71 Å². The van der Waals surface area contributed by atoms with Crippen molar-refractivity contribution in [2.75, 3.05) is 0 Å². The molecule has 0 heterocycles. The molecule has 1 aliphatic rings. The highest BCUT2D eigenvalue weighted by Gasteiger charge is 2.25. The summed E-state index contributed by atoms with van der Waals surface area (Å²) in [6, 6.07) is 18.6. The van der Waals surface area contributed by atoms with Crippen LogP contribution in [-0.4, -0.2) is 10.9 Å². The Morgan fingerprint density at radius 1 is 1.00 bits per heavy atom. The van der Waals surface area contributed by atoms with Crippen LogP contribution in [0.15, 0.2) is 59.8 Å². The van der Waals surface area contributed by atoms with Crippen LogP contribution in [0.2, 0.25) is 0 Å². The summed E-state index contributed by atoms with van der Waals surface area (Å²) in [5.74, 6) is 0.308. The zero-order chi connectivity index (χ0) is 13.1. The van der Waals surface area contributed by atoms with Crippen LogP contribution in [0.1, 0.15) is 23.1 Å². The van der Waals surface area contributed by atoms with Crippen molar-refractivity contribution in [3.63, 3.8) is 0 Å². The number of aryl methyl sites for hydroxylation is 1. The largest absolute Gasteiger partial charge is 0.411 e. The summed E-state index contributed by atoms with van der Waals surface area (Å²) in [5.41, 5.74) is 4.54. The fourth-order valence-corrected chi connectivity index (χ4v) is 2.91. The van der Waals surface area contributed by atoms with Crippen LogP contribution >= 0.6 is 0 Å². The van der Waals surface area contributed by atoms with Gasteiger partial charge in [0.2, 0.25) is 0 Å². The van der Waals surface area contributed by atoms with Crippen LogP contribution in [0.4, 0.5) is 0 Å². The highest BCUT2D eigenvalue weighted by atomic mass is 16.4. The second kappa shape index (κ2) is 5.27. The number of hydrogen-bond acceptors (Lipinski definition) is 2. The Hall–Kier alpha value is -2.09. The summed E-state index contributed by atoms with van der Waals surface area (Å²) in [6.45, 7) is 0. The monoisotopic (exact) mass is 251 g/mol. The van der Waals surface area contributed by atoms with Gasteiger partial charge < -0.3 is 5.21 Å². The van der Waals surface area contributed by atoms with Crippen LogP contribution in [0.25, 0.3) is 0 Å². The molecule has 1 N–H and O–H groups in total. The Morgan fingerprint density at radius 2 is 1.74 bits per heavy atom. The fraction of sp³-hybridized carbons (Fsp3) is 0.235. The molecule has 19 heavy (non-hydrogen) atoms. The molecule has 2 aromatic rings. The zero-order valence-electron chi connectivity index (χ0n) is 10.8. The molecule has 0 radical (unpaired) electrons. The minimum absolute atomic E-state index is 0.308. The van der Waals surface area contributed by atoms with Gasteiger partial charge in [-0.15, -0.1) is 0 Å². The molecule has 0 fully saturated rings. The van der Waals surface area contributed by atoms with E-state index in [4.69, 9.17) is 0 Å². The maximum atomic E-state index is 9.37. The molecule has 0 amide bonds. The van der Waals surface area contributed by atoms with Crippen molar-refractivity contribution >= 4 is 5.71 Å². The van der Waals surface area contributed by atoms with Crippen molar-refractivity contribution in [2.24, 2.45) is 11.1 Å². The normalized spacial score (nSPS) is 20.2. The van der Waals surface area contributed by atoms with Gasteiger partial charge in [-0.1, -0.05) is 59.8 Å². The topological polar surface area (TPSA) is 32.6 Å². The van der Waals surface area contributed by atoms with Gasteiger partial charge in [-0.3, -0.25) is 0 Å². The molecular formula is C17H17NO. The Bertz CT molecular complexity index is 589. The number of benzene rings is 2. The predicted octanol–water partition coefficient (Wildman–Crippen LogP) is 3.67. The van der Waals surface area contributed by atoms with Gasteiger partial charge in [0.15, 0.2) is 0 Å². The summed E-state index contributed by atoms with van der Waals surface area (Å²) in [4.78, 5) is 0. The maximum absolute atomic E-state index is 9.37. The van der Waals surface area contributed by atoms with Crippen LogP contribution in [0, 0.1) is 5.92 Å². The van der Waals surface area contributed by atoms with E-state index < -0.39 is 0 Å². The van der Waals surface area contributed by atoms with E-state index in [9.17, 15) is 5.21 Å². The SMILES string of the molecule is O/N=C1\c2ccccc2CCC1Cc1ccccc1. The third-order valence-corrected chi connectivity index (χ3v) is 3.87. The van der Waals surface area contributed by atoms with Crippen molar-refractivity contribution in [1.82, 2.24) is 0 Å². The summed E-state index contributed by atoms with van der Waals surface area (Å²) in [5, 5.41) is 13.0. The highest BCUT2D eigenvalue weighted by Crippen LogP contribution is 2.28. The first-order valence-electron chi connectivity index (χ1n) is 6.72. The number of rotatable bonds is 2. The highest BCUT2D eigenvalue weighted by molar-refractivity contribution is 6.04. The number of nitrogens with zero attached hydrogens (tertiary/aromatic N) is 1. The van der Waals surface area contributed by atoms with Crippen molar-refractivity contribution in [3.8, 4) is 0 Å². The molecule has 0 saturated carbocycles. The molecule has 96 valence electrons. The lowest BCUT2D eigenvalue weighted by Crippen LogP contribution is -2.25. The fourth-order valence-electron chi connectivity index (χ4n) is 2.91. The first kappa shape index (κ1) is 12.0. The summed E-state index contributed by atoms with van der Waals surface area (Å²) in [6.07, 6.45) is 3.05. The van der Waals surface area contributed by atoms with E-state index in [0.29, 0.717) is 5.92 Å². The number of hydrogen-bond donors (Lipinski definition) is 1. The minimum atomic E-state index is 0.308. The van der Waals surface area contributed by atoms with E-state index in [1.165, 1.54) is 11.1 Å². The molecule has 2 nitrogen and oxygen atoms in total. The van der Waals surface area contributed by atoms with E-state index in [2.05, 4.69) is 41.6 Å². The standard InChI is InChI=1S/C17H17NO/c19-18-17-15(12-13-6-2-1-3-7-13)11-10-14-8-4-5-9-16(14)17/h1-9,15,19H,10-12H2/b18-17-. The smallest absolute Gasteiger partial charge is 0.0904 e. The molecule has 2 heteroatoms. The molecule has 2 aromatic carbocycles. The van der Waals surface area contributed by atoms with Crippen molar-refractivity contribution in [1.29, 1.82) is 0 Å². The third-order valence-electron chi connectivity index (χ3n) is 3.87. The molecule has 3 rings (SSSR count). The lowest BCUT2D eigenvalue weighted by Gasteiger charge is -2.25. The molecule has 1 aliphatic carbocycles. The van der Waals surface area contributed by atoms with E-state index in [0.717, 1.165) is 30.5 Å². The molecule has 0 aromatic heterocycles. The van der Waals surface area contributed by atoms with Crippen LogP contribution in [-0.2, 0) is 12.8 Å². The van der Waals surface area contributed by atoms with E-state index in [-0.39, 0.29) is 0 Å². The van der Waals surface area contributed by atoms with Gasteiger partial charge in [-0.25, -0.2) is 0 Å². The Labute approximate surface area is 113 Å². The van der Waals surface area contributed by atoms with Gasteiger partial charge in [-0.2, -0.15) is 0 Å². The quantitative estimate of drug-likeness (QED) is 0.641. The molecule has 0 saturated heterocycles. The Balaban J connectivity index is 1.89. The summed E-state index contributed by atoms with van der Waals surface area (Å²) in [7, 11) is 0. The van der Waals surface area contributed by atoms with Crippen molar-refractivity contribution in [2.45, 2.75) is 19.3 Å². The maximum Gasteiger partial charge on any atom is 0.0904 e. The van der Waals surface area contributed by atoms with Crippen LogP contribution < -0.4 is 0 Å². The average molecular weight is 251 g/mol. The lowest BCUT2D eigenvalue weighted by atomic mass is 9.79. The van der Waals surface area contributed by atoms with E-state index in [1.54, 1.807) is 0 Å². The first-order chi connectivity index (χ1) is 9.38. The molecule has 1 atom stereocenters. The van der Waals surface area contributed by atoms with Crippen molar-refractivity contribution in [3.05, 3.63) is 71.3 Å². The molecule has 1 unspecified atom stereocenters. The summed E-state index contributed by atoms with van der Waals surface area (Å²) >= 11 is 0. The second-order valence-electron chi connectivity index (χ2n) is 5.07. The molecule has 0 spiro atoms. The van der Waals surface area contributed by atoms with Gasteiger partial charge in [-0.05, 0) is 30.4 Å². The molecular weight excluding hydrogens is 234 g/mol. The van der Waals surface area contributed by atoms with E-state index >= 15 is 0 Å². The zero-order valence-corrected chi connectivity index (χ0v) is 10.8. The average Bonchev–Trinajstić information content (AvgIpc) is 2.48. The number of fused-ring (bicyclic) bond motifs is 1. The Morgan fingerprint density at radius 3 is 2.53 bits per heavy atom. The van der Waals surface area contributed by atoms with E-state index in [1.807, 2.05) is 18.2 Å². The third kappa shape index (κ3) is 2.39. The van der Waals surface area contributed by atoms with Gasteiger partial charge in [0, 0.05) is 11.5 Å². The van der Waals surface area contributed by atoms with Gasteiger partial charge >= 0.3 is 0 Å². The van der Waals surface area contributed by atoms with Gasteiger partial charge in [0.25, 0.3) is 0 Å². The second-order valence-corrected chi connectivity index (χ2v) is 5.07. The Kier molecular flexibility index (Phi) is 3.32. The molecule has 0 aliphatic heterocycles. The number of oxime groups is 1. The van der Waals surface area contributed by atoms with Gasteiger partial charge in [0.1, 0.15) is 0 Å². The molecule has 0 bridgehead atoms. The summed E-state index contributed by atoms with van der Waals surface area (Å²) < 4.78 is 0.